The summed E-state index contributed by atoms with van der Waals surface area (Å²) >= 11 is 0. The van der Waals surface area contributed by atoms with Gasteiger partial charge in [0.2, 0.25) is 0 Å². The van der Waals surface area contributed by atoms with Gasteiger partial charge in [0.15, 0.2) is 0 Å². The number of benzene rings is 2. The Kier molecular flexibility index (Phi) is 4.06. The molecule has 0 heterocycles. The van der Waals surface area contributed by atoms with Gasteiger partial charge in [-0.3, -0.25) is 0 Å². The molecule has 1 atom stereocenters. The van der Waals surface area contributed by atoms with Gasteiger partial charge in [-0.05, 0) is 42.9 Å². The van der Waals surface area contributed by atoms with Crippen molar-refractivity contribution in [2.24, 2.45) is 0 Å². The standard InChI is InChI=1S/C20H20O/c1-15-8-5-6-12-18(15)19(16-9-3-2-4-10-16)14-17-11-7-13-20(17)21/h2-6,8-10,12,20-21H,7,11,13H2,1H3/t14?,20-/m1/s1. The zero-order valence-electron chi connectivity index (χ0n) is 12.3. The molecule has 0 unspecified atom stereocenters. The Morgan fingerprint density at radius 2 is 1.76 bits per heavy atom. The Labute approximate surface area is 126 Å². The highest BCUT2D eigenvalue weighted by molar-refractivity contribution is 5.81. The molecule has 1 aliphatic carbocycles. The Balaban J connectivity index is 2.22. The van der Waals surface area contributed by atoms with E-state index >= 15 is 0 Å². The Hall–Kier alpha value is -2.08. The number of rotatable bonds is 2. The van der Waals surface area contributed by atoms with Crippen LogP contribution in [0.15, 0.2) is 65.9 Å². The molecule has 1 aliphatic rings. The summed E-state index contributed by atoms with van der Waals surface area (Å²) in [5.41, 5.74) is 9.22. The van der Waals surface area contributed by atoms with Crippen LogP contribution in [0.1, 0.15) is 36.0 Å². The van der Waals surface area contributed by atoms with E-state index in [4.69, 9.17) is 0 Å². The van der Waals surface area contributed by atoms with Crippen LogP contribution >= 0.6 is 0 Å². The Morgan fingerprint density at radius 1 is 1.05 bits per heavy atom. The summed E-state index contributed by atoms with van der Waals surface area (Å²) < 4.78 is 0. The normalized spacial score (nSPS) is 17.6. The Morgan fingerprint density at radius 3 is 2.43 bits per heavy atom. The fourth-order valence-corrected chi connectivity index (χ4v) is 2.89. The lowest BCUT2D eigenvalue weighted by Gasteiger charge is -2.10. The molecule has 1 N–H and O–H groups in total. The van der Waals surface area contributed by atoms with Crippen molar-refractivity contribution in [1.29, 1.82) is 0 Å². The summed E-state index contributed by atoms with van der Waals surface area (Å²) in [4.78, 5) is 0. The highest BCUT2D eigenvalue weighted by Gasteiger charge is 2.18. The topological polar surface area (TPSA) is 20.2 Å². The van der Waals surface area contributed by atoms with Gasteiger partial charge in [-0.15, -0.1) is 5.73 Å². The van der Waals surface area contributed by atoms with Crippen molar-refractivity contribution in [2.45, 2.75) is 32.3 Å². The van der Waals surface area contributed by atoms with Gasteiger partial charge in [0.05, 0.1) is 6.10 Å². The minimum Gasteiger partial charge on any atom is -0.388 e. The van der Waals surface area contributed by atoms with Crippen molar-refractivity contribution >= 4 is 5.57 Å². The number of hydrogen-bond acceptors (Lipinski definition) is 1. The highest BCUT2D eigenvalue weighted by atomic mass is 16.3. The van der Waals surface area contributed by atoms with E-state index in [1.54, 1.807) is 0 Å². The van der Waals surface area contributed by atoms with E-state index in [-0.39, 0.29) is 6.10 Å². The van der Waals surface area contributed by atoms with E-state index in [0.717, 1.165) is 36.0 Å². The molecular weight excluding hydrogens is 256 g/mol. The molecule has 0 amide bonds. The average Bonchev–Trinajstić information content (AvgIpc) is 2.92. The fraction of sp³-hybridized carbons (Fsp3) is 0.250. The lowest BCUT2D eigenvalue weighted by atomic mass is 9.94. The monoisotopic (exact) mass is 276 g/mol. The zero-order chi connectivity index (χ0) is 14.7. The van der Waals surface area contributed by atoms with Crippen molar-refractivity contribution in [1.82, 2.24) is 0 Å². The summed E-state index contributed by atoms with van der Waals surface area (Å²) in [6.45, 7) is 2.12. The second-order valence-electron chi connectivity index (χ2n) is 5.61. The minimum absolute atomic E-state index is 0.326. The maximum Gasteiger partial charge on any atom is 0.0824 e. The van der Waals surface area contributed by atoms with Crippen molar-refractivity contribution in [3.63, 3.8) is 0 Å². The van der Waals surface area contributed by atoms with E-state index < -0.39 is 0 Å². The highest BCUT2D eigenvalue weighted by Crippen LogP contribution is 2.29. The first-order chi connectivity index (χ1) is 10.3. The smallest absolute Gasteiger partial charge is 0.0824 e. The quantitative estimate of drug-likeness (QED) is 0.801. The molecule has 21 heavy (non-hydrogen) atoms. The van der Waals surface area contributed by atoms with Crippen molar-refractivity contribution in [2.75, 3.05) is 0 Å². The first-order valence-corrected chi connectivity index (χ1v) is 7.55. The first-order valence-electron chi connectivity index (χ1n) is 7.55. The molecule has 3 rings (SSSR count). The van der Waals surface area contributed by atoms with Crippen LogP contribution in [0.3, 0.4) is 0 Å². The van der Waals surface area contributed by atoms with Crippen LogP contribution in [-0.2, 0) is 0 Å². The van der Waals surface area contributed by atoms with E-state index in [0.29, 0.717) is 0 Å². The van der Waals surface area contributed by atoms with Crippen molar-refractivity contribution in [3.8, 4) is 0 Å². The number of hydrogen-bond donors (Lipinski definition) is 1. The van der Waals surface area contributed by atoms with E-state index in [1.807, 2.05) is 18.2 Å². The SMILES string of the molecule is Cc1ccccc1C(=C=C1CCC[C@H]1O)c1ccccc1. The molecular formula is C20H20O. The van der Waals surface area contributed by atoms with Gasteiger partial charge in [0.1, 0.15) is 0 Å². The molecule has 2 aromatic carbocycles. The predicted octanol–water partition coefficient (Wildman–Crippen LogP) is 4.50. The third kappa shape index (κ3) is 3.00. The maximum atomic E-state index is 10.1. The molecule has 1 heteroatoms. The first kappa shape index (κ1) is 13.9. The molecule has 1 fully saturated rings. The molecule has 0 bridgehead atoms. The zero-order valence-corrected chi connectivity index (χ0v) is 12.3. The lowest BCUT2D eigenvalue weighted by Crippen LogP contribution is -2.00. The second kappa shape index (κ2) is 6.13. The molecule has 0 aliphatic heterocycles. The molecule has 106 valence electrons. The number of aliphatic hydroxyl groups excluding tert-OH is 1. The molecule has 0 spiro atoms. The largest absolute Gasteiger partial charge is 0.388 e. The van der Waals surface area contributed by atoms with Gasteiger partial charge in [0, 0.05) is 11.1 Å². The summed E-state index contributed by atoms with van der Waals surface area (Å²) in [6.07, 6.45) is 2.54. The summed E-state index contributed by atoms with van der Waals surface area (Å²) in [7, 11) is 0. The Bertz CT molecular complexity index is 691. The van der Waals surface area contributed by atoms with Crippen LogP contribution in [0.2, 0.25) is 0 Å². The van der Waals surface area contributed by atoms with Gasteiger partial charge in [-0.1, -0.05) is 54.6 Å². The second-order valence-corrected chi connectivity index (χ2v) is 5.61. The maximum absolute atomic E-state index is 10.1. The molecule has 0 saturated heterocycles. The van der Waals surface area contributed by atoms with E-state index in [9.17, 15) is 5.11 Å². The number of aryl methyl sites for hydroxylation is 1. The summed E-state index contributed by atoms with van der Waals surface area (Å²) in [6, 6.07) is 18.7. The van der Waals surface area contributed by atoms with Crippen LogP contribution in [0.25, 0.3) is 5.57 Å². The molecule has 2 aromatic rings. The minimum atomic E-state index is -0.326. The van der Waals surface area contributed by atoms with Gasteiger partial charge in [-0.25, -0.2) is 0 Å². The molecule has 1 saturated carbocycles. The van der Waals surface area contributed by atoms with Gasteiger partial charge in [-0.2, -0.15) is 0 Å². The summed E-state index contributed by atoms with van der Waals surface area (Å²) in [5.74, 6) is 0. The molecule has 0 radical (unpaired) electrons. The van der Waals surface area contributed by atoms with E-state index in [2.05, 4.69) is 49.1 Å². The fourth-order valence-electron chi connectivity index (χ4n) is 2.89. The molecule has 0 aromatic heterocycles. The number of aliphatic hydroxyl groups is 1. The van der Waals surface area contributed by atoms with Gasteiger partial charge >= 0.3 is 0 Å². The van der Waals surface area contributed by atoms with Crippen LogP contribution < -0.4 is 0 Å². The van der Waals surface area contributed by atoms with Crippen molar-refractivity contribution < 1.29 is 5.11 Å². The van der Waals surface area contributed by atoms with E-state index in [1.165, 1.54) is 11.1 Å². The van der Waals surface area contributed by atoms with Crippen LogP contribution in [0, 0.1) is 6.92 Å². The van der Waals surface area contributed by atoms with Crippen molar-refractivity contribution in [3.05, 3.63) is 82.6 Å². The average molecular weight is 276 g/mol. The van der Waals surface area contributed by atoms with Gasteiger partial charge < -0.3 is 5.11 Å². The van der Waals surface area contributed by atoms with Crippen LogP contribution in [0.5, 0.6) is 0 Å². The third-order valence-electron chi connectivity index (χ3n) is 4.09. The summed E-state index contributed by atoms with van der Waals surface area (Å²) in [5, 5.41) is 10.1. The third-order valence-corrected chi connectivity index (χ3v) is 4.09. The van der Waals surface area contributed by atoms with Crippen LogP contribution in [-0.4, -0.2) is 11.2 Å². The van der Waals surface area contributed by atoms with Crippen LogP contribution in [0.4, 0.5) is 0 Å². The lowest BCUT2D eigenvalue weighted by molar-refractivity contribution is 0.218. The predicted molar refractivity (Wildman–Crippen MR) is 87.0 cm³/mol. The molecule has 1 nitrogen and oxygen atoms in total. The van der Waals surface area contributed by atoms with Gasteiger partial charge in [0.25, 0.3) is 0 Å².